The number of ether oxygens (including phenoxy) is 2. The van der Waals surface area contributed by atoms with Gasteiger partial charge in [0, 0.05) is 24.5 Å². The monoisotopic (exact) mass is 448 g/mol. The molecule has 1 fully saturated rings. The van der Waals surface area contributed by atoms with Gasteiger partial charge in [-0.25, -0.2) is 4.39 Å². The smallest absolute Gasteiger partial charge is 0.245 e. The van der Waals surface area contributed by atoms with E-state index in [0.717, 1.165) is 5.56 Å². The number of amides is 2. The second-order valence-corrected chi connectivity index (χ2v) is 8.09. The fourth-order valence-corrected chi connectivity index (χ4v) is 3.99. The molecule has 166 valence electrons. The van der Waals surface area contributed by atoms with Crippen molar-refractivity contribution in [3.8, 4) is 11.5 Å². The Labute approximate surface area is 186 Å². The molecule has 3 rings (SSSR count). The van der Waals surface area contributed by atoms with Gasteiger partial charge in [-0.2, -0.15) is 0 Å². The minimum atomic E-state index is -0.994. The predicted octanol–water partition coefficient (Wildman–Crippen LogP) is 3.74. The van der Waals surface area contributed by atoms with E-state index >= 15 is 0 Å². The number of carbonyl (C=O) groups excluding carboxylic acids is 2. The van der Waals surface area contributed by atoms with Crippen molar-refractivity contribution in [1.82, 2.24) is 10.2 Å². The Kier molecular flexibility index (Phi) is 7.05. The van der Waals surface area contributed by atoms with E-state index in [1.807, 2.05) is 18.2 Å². The third-order valence-corrected chi connectivity index (χ3v) is 6.05. The average Bonchev–Trinajstić information content (AvgIpc) is 3.04. The van der Waals surface area contributed by atoms with Gasteiger partial charge in [-0.3, -0.25) is 9.59 Å². The number of hydrogen-bond donors (Lipinski definition) is 1. The van der Waals surface area contributed by atoms with Crippen LogP contribution in [-0.2, 0) is 22.6 Å². The molecule has 1 aliphatic heterocycles. The van der Waals surface area contributed by atoms with Crippen molar-refractivity contribution < 1.29 is 23.5 Å². The van der Waals surface area contributed by atoms with Gasteiger partial charge >= 0.3 is 0 Å². The lowest BCUT2D eigenvalue weighted by Gasteiger charge is -2.34. The van der Waals surface area contributed by atoms with Crippen molar-refractivity contribution in [1.29, 1.82) is 0 Å². The Balaban J connectivity index is 1.66. The lowest BCUT2D eigenvalue weighted by Crippen LogP contribution is -2.54. The van der Waals surface area contributed by atoms with Crippen molar-refractivity contribution in [3.63, 3.8) is 0 Å². The molecule has 0 aromatic heterocycles. The van der Waals surface area contributed by atoms with Gasteiger partial charge < -0.3 is 19.7 Å². The lowest BCUT2D eigenvalue weighted by molar-refractivity contribution is -0.141. The van der Waals surface area contributed by atoms with Gasteiger partial charge in [-0.1, -0.05) is 23.7 Å². The van der Waals surface area contributed by atoms with E-state index in [9.17, 15) is 14.0 Å². The van der Waals surface area contributed by atoms with Gasteiger partial charge in [0.05, 0.1) is 14.2 Å². The second-order valence-electron chi connectivity index (χ2n) is 7.68. The van der Waals surface area contributed by atoms with Crippen LogP contribution in [0.25, 0.3) is 0 Å². The van der Waals surface area contributed by atoms with Crippen LogP contribution in [0, 0.1) is 5.82 Å². The van der Waals surface area contributed by atoms with E-state index in [0.29, 0.717) is 36.4 Å². The van der Waals surface area contributed by atoms with Crippen LogP contribution in [0.4, 0.5) is 4.39 Å². The van der Waals surface area contributed by atoms with Crippen molar-refractivity contribution in [2.24, 2.45) is 0 Å². The topological polar surface area (TPSA) is 67.9 Å². The van der Waals surface area contributed by atoms with Crippen LogP contribution in [0.2, 0.25) is 5.02 Å². The highest BCUT2D eigenvalue weighted by atomic mass is 35.5. The molecular formula is C23H26ClFN2O4. The molecule has 0 bridgehead atoms. The minimum absolute atomic E-state index is 0.127. The van der Waals surface area contributed by atoms with Crippen molar-refractivity contribution >= 4 is 23.4 Å². The number of hydrogen-bond acceptors (Lipinski definition) is 4. The molecule has 2 aromatic rings. The molecule has 1 heterocycles. The summed E-state index contributed by atoms with van der Waals surface area (Å²) < 4.78 is 23.9. The number of carbonyl (C=O) groups is 2. The van der Waals surface area contributed by atoms with Gasteiger partial charge in [-0.05, 0) is 55.2 Å². The highest BCUT2D eigenvalue weighted by Gasteiger charge is 2.47. The third kappa shape index (κ3) is 4.93. The predicted molar refractivity (Wildman–Crippen MR) is 116 cm³/mol. The quantitative estimate of drug-likeness (QED) is 0.668. The van der Waals surface area contributed by atoms with Gasteiger partial charge in [-0.15, -0.1) is 0 Å². The van der Waals surface area contributed by atoms with Crippen LogP contribution in [0.1, 0.15) is 30.9 Å². The standard InChI is InChI=1S/C23H26ClFN2O4/c1-23(10-8-21(28)27(23)14-16-5-6-17(25)13-18(16)24)22(29)26-11-9-15-4-7-19(30-2)20(12-15)31-3/h4-7,12-13H,8-11,14H2,1-3H3,(H,26,29)/t23-/m0/s1. The normalized spacial score (nSPS) is 18.2. The first-order valence-corrected chi connectivity index (χ1v) is 10.4. The molecule has 0 aliphatic carbocycles. The Hall–Kier alpha value is -2.80. The second kappa shape index (κ2) is 9.56. The van der Waals surface area contributed by atoms with E-state index < -0.39 is 11.4 Å². The summed E-state index contributed by atoms with van der Waals surface area (Å²) in [6, 6.07) is 9.64. The number of likely N-dealkylation sites (tertiary alicyclic amines) is 1. The van der Waals surface area contributed by atoms with Gasteiger partial charge in [0.15, 0.2) is 11.5 Å². The van der Waals surface area contributed by atoms with Crippen LogP contribution >= 0.6 is 11.6 Å². The molecule has 31 heavy (non-hydrogen) atoms. The number of halogens is 2. The highest BCUT2D eigenvalue weighted by molar-refractivity contribution is 6.31. The molecule has 1 atom stereocenters. The maximum absolute atomic E-state index is 13.3. The molecule has 0 unspecified atom stereocenters. The zero-order valence-electron chi connectivity index (χ0n) is 17.8. The summed E-state index contributed by atoms with van der Waals surface area (Å²) in [5.74, 6) is 0.469. The van der Waals surface area contributed by atoms with Crippen LogP contribution in [0.15, 0.2) is 36.4 Å². The molecule has 6 nitrogen and oxygen atoms in total. The summed E-state index contributed by atoms with van der Waals surface area (Å²) in [5, 5.41) is 3.17. The molecule has 0 saturated carbocycles. The van der Waals surface area contributed by atoms with E-state index in [1.54, 1.807) is 27.2 Å². The Morgan fingerprint density at radius 2 is 1.94 bits per heavy atom. The lowest BCUT2D eigenvalue weighted by atomic mass is 9.97. The van der Waals surface area contributed by atoms with Crippen molar-refractivity contribution in [3.05, 3.63) is 58.4 Å². The molecule has 8 heteroatoms. The van der Waals surface area contributed by atoms with E-state index in [4.69, 9.17) is 21.1 Å². The van der Waals surface area contributed by atoms with Gasteiger partial charge in [0.25, 0.3) is 0 Å². The van der Waals surface area contributed by atoms with E-state index in [1.165, 1.54) is 17.0 Å². The number of nitrogens with zero attached hydrogens (tertiary/aromatic N) is 1. The number of benzene rings is 2. The number of nitrogens with one attached hydrogen (secondary N) is 1. The SMILES string of the molecule is COc1ccc(CCNC(=O)[C@]2(C)CCC(=O)N2Cc2ccc(F)cc2Cl)cc1OC. The zero-order valence-corrected chi connectivity index (χ0v) is 18.6. The molecule has 0 radical (unpaired) electrons. The third-order valence-electron chi connectivity index (χ3n) is 5.70. The summed E-state index contributed by atoms with van der Waals surface area (Å²) in [7, 11) is 3.15. The number of rotatable bonds is 8. The Bertz CT molecular complexity index is 984. The summed E-state index contributed by atoms with van der Waals surface area (Å²) in [4.78, 5) is 27.1. The molecule has 1 N–H and O–H groups in total. The molecule has 0 spiro atoms. The summed E-state index contributed by atoms with van der Waals surface area (Å²) >= 11 is 6.13. The Morgan fingerprint density at radius 3 is 2.61 bits per heavy atom. The zero-order chi connectivity index (χ0) is 22.6. The maximum atomic E-state index is 13.3. The van der Waals surface area contributed by atoms with Crippen molar-refractivity contribution in [2.75, 3.05) is 20.8 Å². The fraction of sp³-hybridized carbons (Fsp3) is 0.391. The van der Waals surface area contributed by atoms with E-state index in [-0.39, 0.29) is 29.8 Å². The summed E-state index contributed by atoms with van der Waals surface area (Å²) in [5.41, 5.74) is 0.593. The minimum Gasteiger partial charge on any atom is -0.493 e. The molecule has 2 amide bonds. The van der Waals surface area contributed by atoms with Crippen LogP contribution in [0.5, 0.6) is 11.5 Å². The Morgan fingerprint density at radius 1 is 1.19 bits per heavy atom. The summed E-state index contributed by atoms with van der Waals surface area (Å²) in [6.07, 6.45) is 1.28. The first-order valence-electron chi connectivity index (χ1n) is 10.0. The molecular weight excluding hydrogens is 423 g/mol. The summed E-state index contributed by atoms with van der Waals surface area (Å²) in [6.45, 7) is 2.31. The first-order chi connectivity index (χ1) is 14.8. The molecule has 1 aliphatic rings. The van der Waals surface area contributed by atoms with Crippen LogP contribution in [-0.4, -0.2) is 43.0 Å². The molecule has 1 saturated heterocycles. The first kappa shape index (κ1) is 22.9. The van der Waals surface area contributed by atoms with Crippen molar-refractivity contribution in [2.45, 2.75) is 38.3 Å². The largest absolute Gasteiger partial charge is 0.493 e. The highest BCUT2D eigenvalue weighted by Crippen LogP contribution is 2.33. The van der Waals surface area contributed by atoms with Crippen LogP contribution < -0.4 is 14.8 Å². The molecule has 2 aromatic carbocycles. The fourth-order valence-electron chi connectivity index (χ4n) is 3.76. The maximum Gasteiger partial charge on any atom is 0.245 e. The van der Waals surface area contributed by atoms with Gasteiger partial charge in [0.1, 0.15) is 11.4 Å². The van der Waals surface area contributed by atoms with E-state index in [2.05, 4.69) is 5.32 Å². The van der Waals surface area contributed by atoms with Crippen LogP contribution in [0.3, 0.4) is 0 Å². The average molecular weight is 449 g/mol. The number of methoxy groups -OCH3 is 2. The van der Waals surface area contributed by atoms with Gasteiger partial charge in [0.2, 0.25) is 11.8 Å².